The van der Waals surface area contributed by atoms with Crippen LogP contribution in [-0.2, 0) is 0 Å². The Hall–Kier alpha value is -0.810. The van der Waals surface area contributed by atoms with Gasteiger partial charge in [0.2, 0.25) is 0 Å². The summed E-state index contributed by atoms with van der Waals surface area (Å²) in [6, 6.07) is -0.114. The quantitative estimate of drug-likeness (QED) is 0.673. The summed E-state index contributed by atoms with van der Waals surface area (Å²) in [5, 5.41) is 15.2. The highest BCUT2D eigenvalue weighted by Gasteiger charge is 2.42. The molecular weight excluding hydrogens is 278 g/mol. The van der Waals surface area contributed by atoms with Crippen molar-refractivity contribution in [1.82, 2.24) is 15.5 Å². The Labute approximate surface area is 134 Å². The van der Waals surface area contributed by atoms with Gasteiger partial charge >= 0.3 is 6.03 Å². The molecule has 3 N–H and O–H groups in total. The number of hydrogen-bond acceptors (Lipinski definition) is 3. The fraction of sp³-hybridized carbons (Fsp3) is 0.941. The van der Waals surface area contributed by atoms with Gasteiger partial charge in [0.1, 0.15) is 0 Å². The maximum atomic E-state index is 12.0. The van der Waals surface area contributed by atoms with Gasteiger partial charge in [-0.3, -0.25) is 4.90 Å². The lowest BCUT2D eigenvalue weighted by atomic mass is 9.91. The van der Waals surface area contributed by atoms with Crippen LogP contribution in [0, 0.1) is 11.3 Å². The molecule has 2 rings (SSSR count). The van der Waals surface area contributed by atoms with Crippen molar-refractivity contribution in [2.75, 3.05) is 32.8 Å². The molecule has 5 nitrogen and oxygen atoms in total. The molecule has 1 heterocycles. The van der Waals surface area contributed by atoms with E-state index in [1.807, 2.05) is 0 Å². The van der Waals surface area contributed by atoms with Crippen LogP contribution in [0.5, 0.6) is 0 Å². The number of rotatable bonds is 7. The highest BCUT2D eigenvalue weighted by Crippen LogP contribution is 2.44. The molecule has 5 heteroatoms. The lowest BCUT2D eigenvalue weighted by Gasteiger charge is -2.43. The Morgan fingerprint density at radius 2 is 2.09 bits per heavy atom. The Morgan fingerprint density at radius 3 is 2.68 bits per heavy atom. The first-order valence-electron chi connectivity index (χ1n) is 8.78. The van der Waals surface area contributed by atoms with Crippen molar-refractivity contribution in [3.8, 4) is 0 Å². The molecule has 0 radical (unpaired) electrons. The van der Waals surface area contributed by atoms with Crippen molar-refractivity contribution in [2.45, 2.75) is 58.4 Å². The smallest absolute Gasteiger partial charge is 0.314 e. The minimum Gasteiger partial charge on any atom is -0.396 e. The maximum absolute atomic E-state index is 12.0. The second kappa shape index (κ2) is 7.18. The zero-order valence-corrected chi connectivity index (χ0v) is 14.5. The normalized spacial score (nSPS) is 24.8. The first kappa shape index (κ1) is 17.5. The van der Waals surface area contributed by atoms with E-state index < -0.39 is 0 Å². The number of piperidine rings is 1. The lowest BCUT2D eigenvalue weighted by molar-refractivity contribution is 0.0665. The summed E-state index contributed by atoms with van der Waals surface area (Å²) in [4.78, 5) is 14.5. The van der Waals surface area contributed by atoms with Gasteiger partial charge in [-0.1, -0.05) is 13.3 Å². The zero-order chi connectivity index (χ0) is 16.2. The van der Waals surface area contributed by atoms with Crippen LogP contribution in [0.15, 0.2) is 0 Å². The first-order chi connectivity index (χ1) is 10.4. The van der Waals surface area contributed by atoms with Gasteiger partial charge in [0, 0.05) is 30.6 Å². The molecule has 1 atom stereocenters. The summed E-state index contributed by atoms with van der Waals surface area (Å²) >= 11 is 0. The second-order valence-corrected chi connectivity index (χ2v) is 7.87. The third-order valence-electron chi connectivity index (χ3n) is 5.55. The van der Waals surface area contributed by atoms with E-state index in [2.05, 4.69) is 36.3 Å². The molecule has 2 fully saturated rings. The number of carbonyl (C=O) groups is 1. The van der Waals surface area contributed by atoms with Gasteiger partial charge in [-0.15, -0.1) is 0 Å². The summed E-state index contributed by atoms with van der Waals surface area (Å²) in [5.74, 6) is 0.793. The van der Waals surface area contributed by atoms with Gasteiger partial charge in [-0.25, -0.2) is 4.79 Å². The van der Waals surface area contributed by atoms with Crippen LogP contribution in [0.4, 0.5) is 4.79 Å². The Morgan fingerprint density at radius 1 is 1.36 bits per heavy atom. The Bertz CT molecular complexity index is 380. The minimum absolute atomic E-state index is 0.0145. The van der Waals surface area contributed by atoms with E-state index in [0.29, 0.717) is 13.1 Å². The molecule has 1 unspecified atom stereocenters. The monoisotopic (exact) mass is 311 g/mol. The molecule has 1 saturated heterocycles. The third kappa shape index (κ3) is 4.59. The van der Waals surface area contributed by atoms with Crippen LogP contribution >= 0.6 is 0 Å². The molecule has 0 aromatic rings. The molecule has 0 aromatic carbocycles. The predicted octanol–water partition coefficient (Wildman–Crippen LogP) is 1.96. The summed E-state index contributed by atoms with van der Waals surface area (Å²) in [6.45, 7) is 10.4. The fourth-order valence-corrected chi connectivity index (χ4v) is 3.25. The van der Waals surface area contributed by atoms with Crippen LogP contribution in [0.3, 0.4) is 0 Å². The Balaban J connectivity index is 1.73. The molecular formula is C17H33N3O2. The topological polar surface area (TPSA) is 64.6 Å². The lowest BCUT2D eigenvalue weighted by Crippen LogP contribution is -2.56. The van der Waals surface area contributed by atoms with Crippen molar-refractivity contribution < 1.29 is 9.90 Å². The number of hydrogen-bond donors (Lipinski definition) is 3. The molecule has 2 amide bonds. The molecule has 22 heavy (non-hydrogen) atoms. The average Bonchev–Trinajstić information content (AvgIpc) is 3.32. The van der Waals surface area contributed by atoms with Gasteiger partial charge in [0.25, 0.3) is 0 Å². The van der Waals surface area contributed by atoms with Gasteiger partial charge < -0.3 is 15.7 Å². The standard InChI is InChI=1S/C17H33N3O2/c1-4-14-6-5-9-20(10-14)16(2,3)11-18-15(22)19-12-17(13-21)7-8-17/h14,21H,4-13H2,1-3H3,(H2,18,19,22). The number of aliphatic hydroxyl groups is 1. The molecule has 128 valence electrons. The number of nitrogens with zero attached hydrogens (tertiary/aromatic N) is 1. The molecule has 0 spiro atoms. The largest absolute Gasteiger partial charge is 0.396 e. The van der Waals surface area contributed by atoms with E-state index in [9.17, 15) is 9.90 Å². The second-order valence-electron chi connectivity index (χ2n) is 7.87. The molecule has 1 aliphatic carbocycles. The van der Waals surface area contributed by atoms with Crippen LogP contribution in [0.25, 0.3) is 0 Å². The van der Waals surface area contributed by atoms with E-state index in [-0.39, 0.29) is 23.6 Å². The van der Waals surface area contributed by atoms with Crippen LogP contribution in [-0.4, -0.2) is 54.4 Å². The van der Waals surface area contributed by atoms with Gasteiger partial charge in [-0.2, -0.15) is 0 Å². The number of amides is 2. The molecule has 1 aliphatic heterocycles. The number of aliphatic hydroxyl groups excluding tert-OH is 1. The van der Waals surface area contributed by atoms with E-state index in [1.165, 1.54) is 19.3 Å². The summed E-state index contributed by atoms with van der Waals surface area (Å²) < 4.78 is 0. The van der Waals surface area contributed by atoms with Gasteiger partial charge in [0.05, 0.1) is 6.61 Å². The van der Waals surface area contributed by atoms with E-state index in [0.717, 1.165) is 31.8 Å². The van der Waals surface area contributed by atoms with Gasteiger partial charge in [0.15, 0.2) is 0 Å². The average molecular weight is 311 g/mol. The number of likely N-dealkylation sites (tertiary alicyclic amines) is 1. The maximum Gasteiger partial charge on any atom is 0.314 e. The van der Waals surface area contributed by atoms with Crippen LogP contribution in [0.2, 0.25) is 0 Å². The van der Waals surface area contributed by atoms with Crippen molar-refractivity contribution >= 4 is 6.03 Å². The van der Waals surface area contributed by atoms with Crippen molar-refractivity contribution in [3.05, 3.63) is 0 Å². The van der Waals surface area contributed by atoms with E-state index in [1.54, 1.807) is 0 Å². The highest BCUT2D eigenvalue weighted by molar-refractivity contribution is 5.74. The molecule has 0 bridgehead atoms. The number of nitrogens with one attached hydrogen (secondary N) is 2. The first-order valence-corrected chi connectivity index (χ1v) is 8.78. The highest BCUT2D eigenvalue weighted by atomic mass is 16.3. The van der Waals surface area contributed by atoms with E-state index >= 15 is 0 Å². The minimum atomic E-state index is -0.114. The van der Waals surface area contributed by atoms with Crippen molar-refractivity contribution in [2.24, 2.45) is 11.3 Å². The predicted molar refractivity (Wildman–Crippen MR) is 88.8 cm³/mol. The third-order valence-corrected chi connectivity index (χ3v) is 5.55. The SMILES string of the molecule is CCC1CCCN(C(C)(C)CNC(=O)NCC2(CO)CC2)C1. The summed E-state index contributed by atoms with van der Waals surface area (Å²) in [5.41, 5.74) is -0.0481. The van der Waals surface area contributed by atoms with Crippen LogP contribution in [0.1, 0.15) is 52.9 Å². The molecule has 2 aliphatic rings. The van der Waals surface area contributed by atoms with Crippen molar-refractivity contribution in [1.29, 1.82) is 0 Å². The summed E-state index contributed by atoms with van der Waals surface area (Å²) in [7, 11) is 0. The number of carbonyl (C=O) groups excluding carboxylic acids is 1. The zero-order valence-electron chi connectivity index (χ0n) is 14.5. The van der Waals surface area contributed by atoms with E-state index in [4.69, 9.17) is 0 Å². The van der Waals surface area contributed by atoms with Gasteiger partial charge in [-0.05, 0) is 52.0 Å². The van der Waals surface area contributed by atoms with Crippen LogP contribution < -0.4 is 10.6 Å². The molecule has 1 saturated carbocycles. The fourth-order valence-electron chi connectivity index (χ4n) is 3.25. The van der Waals surface area contributed by atoms with Crippen molar-refractivity contribution in [3.63, 3.8) is 0 Å². The summed E-state index contributed by atoms with van der Waals surface area (Å²) in [6.07, 6.45) is 5.86. The Kier molecular flexibility index (Phi) is 5.72. The molecule has 0 aromatic heterocycles. The number of urea groups is 1.